The van der Waals surface area contributed by atoms with Gasteiger partial charge in [-0.05, 0) is 34.9 Å². The van der Waals surface area contributed by atoms with Gasteiger partial charge in [0.25, 0.3) is 0 Å². The highest BCUT2D eigenvalue weighted by atomic mass is 32.1. The summed E-state index contributed by atoms with van der Waals surface area (Å²) in [7, 11) is 1.64. The average Bonchev–Trinajstić information content (AvgIpc) is 3.34. The molecule has 2 heterocycles. The van der Waals surface area contributed by atoms with Gasteiger partial charge in [0.2, 0.25) is 5.91 Å². The van der Waals surface area contributed by atoms with Gasteiger partial charge in [0.15, 0.2) is 5.13 Å². The summed E-state index contributed by atoms with van der Waals surface area (Å²) in [5, 5.41) is 0.668. The number of nitrogens with zero attached hydrogens (tertiary/aromatic N) is 3. The Morgan fingerprint density at radius 2 is 1.66 bits per heavy atom. The Balaban J connectivity index is 1.52. The fraction of sp³-hybridized carbons (Fsp3) is 0.138. The molecule has 0 spiro atoms. The van der Waals surface area contributed by atoms with Crippen LogP contribution in [0.15, 0.2) is 103 Å². The molecule has 0 N–H and O–H groups in total. The number of hydrogen-bond acceptors (Lipinski definition) is 5. The number of amides is 1. The molecule has 0 aliphatic rings. The van der Waals surface area contributed by atoms with Crippen molar-refractivity contribution in [1.82, 2.24) is 9.97 Å². The summed E-state index contributed by atoms with van der Waals surface area (Å²) in [6, 6.07) is 30.1. The number of pyridine rings is 1. The Morgan fingerprint density at radius 3 is 2.29 bits per heavy atom. The quantitative estimate of drug-likeness (QED) is 0.256. The zero-order chi connectivity index (χ0) is 24.0. The van der Waals surface area contributed by atoms with Gasteiger partial charge in [-0.15, -0.1) is 0 Å². The average molecular weight is 480 g/mol. The van der Waals surface area contributed by atoms with Crippen LogP contribution in [-0.4, -0.2) is 23.0 Å². The summed E-state index contributed by atoms with van der Waals surface area (Å²) in [5.74, 6) is 0.695. The molecule has 0 unspecified atom stereocenters. The third-order valence-corrected chi connectivity index (χ3v) is 7.02. The Morgan fingerprint density at radius 1 is 0.943 bits per heavy atom. The number of anilines is 1. The van der Waals surface area contributed by atoms with Crippen LogP contribution in [0.4, 0.5) is 5.13 Å². The number of fused-ring (bicyclic) bond motifs is 1. The first kappa shape index (κ1) is 22.7. The van der Waals surface area contributed by atoms with Gasteiger partial charge >= 0.3 is 0 Å². The number of rotatable bonds is 8. The molecule has 0 fully saturated rings. The van der Waals surface area contributed by atoms with E-state index >= 15 is 0 Å². The van der Waals surface area contributed by atoms with E-state index in [9.17, 15) is 4.79 Å². The lowest BCUT2D eigenvalue weighted by molar-refractivity contribution is -0.119. The van der Waals surface area contributed by atoms with Gasteiger partial charge in [0, 0.05) is 30.8 Å². The van der Waals surface area contributed by atoms with Crippen molar-refractivity contribution in [3.8, 4) is 5.75 Å². The number of methoxy groups -OCH3 is 1. The first-order valence-electron chi connectivity index (χ1n) is 11.4. The smallest absolute Gasteiger partial charge is 0.230 e. The minimum absolute atomic E-state index is 0.0116. The molecule has 5 nitrogen and oxygen atoms in total. The fourth-order valence-corrected chi connectivity index (χ4v) is 5.12. The van der Waals surface area contributed by atoms with Crippen molar-refractivity contribution in [2.75, 3.05) is 12.0 Å². The second-order valence-electron chi connectivity index (χ2n) is 8.25. The molecule has 3 aromatic carbocycles. The van der Waals surface area contributed by atoms with E-state index in [0.717, 1.165) is 32.7 Å². The number of carbonyl (C=O) groups excluding carboxylic acids is 1. The van der Waals surface area contributed by atoms with Crippen LogP contribution in [0.1, 0.15) is 29.0 Å². The molecule has 174 valence electrons. The van der Waals surface area contributed by atoms with Crippen LogP contribution < -0.4 is 9.64 Å². The van der Waals surface area contributed by atoms with Gasteiger partial charge in [0.1, 0.15) is 5.75 Å². The lowest BCUT2D eigenvalue weighted by atomic mass is 9.88. The maximum atomic E-state index is 14.0. The standard InChI is InChI=1S/C29H25N3O2S/c1-34-24-14-15-27-26(17-24)31-29(35-27)32(20-21-9-8-16-30-19-21)28(33)18-25(22-10-4-2-5-11-22)23-12-6-3-7-13-23/h2-17,19,25H,18,20H2,1H3. The molecule has 0 bridgehead atoms. The first-order chi connectivity index (χ1) is 17.2. The topological polar surface area (TPSA) is 55.3 Å². The molecule has 0 atom stereocenters. The maximum Gasteiger partial charge on any atom is 0.230 e. The molecular weight excluding hydrogens is 454 g/mol. The van der Waals surface area contributed by atoms with Gasteiger partial charge in [-0.1, -0.05) is 78.1 Å². The van der Waals surface area contributed by atoms with Crippen molar-refractivity contribution in [2.24, 2.45) is 0 Å². The van der Waals surface area contributed by atoms with E-state index in [-0.39, 0.29) is 11.8 Å². The summed E-state index contributed by atoms with van der Waals surface area (Å²) < 4.78 is 6.37. The first-order valence-corrected chi connectivity index (χ1v) is 12.3. The molecule has 2 aromatic heterocycles. The monoisotopic (exact) mass is 479 g/mol. The van der Waals surface area contributed by atoms with Crippen molar-refractivity contribution in [3.05, 3.63) is 120 Å². The van der Waals surface area contributed by atoms with Crippen molar-refractivity contribution in [3.63, 3.8) is 0 Å². The maximum absolute atomic E-state index is 14.0. The lowest BCUT2D eigenvalue weighted by Crippen LogP contribution is -2.31. The van der Waals surface area contributed by atoms with Crippen LogP contribution in [0.3, 0.4) is 0 Å². The SMILES string of the molecule is COc1ccc2sc(N(Cc3cccnc3)C(=O)CC(c3ccccc3)c3ccccc3)nc2c1. The molecule has 5 rings (SSSR count). The Kier molecular flexibility index (Phi) is 6.82. The molecule has 6 heteroatoms. The molecule has 0 radical (unpaired) electrons. The highest BCUT2D eigenvalue weighted by Gasteiger charge is 2.25. The van der Waals surface area contributed by atoms with Gasteiger partial charge in [-0.2, -0.15) is 0 Å². The Bertz CT molecular complexity index is 1370. The van der Waals surface area contributed by atoms with E-state index in [1.165, 1.54) is 11.3 Å². The number of hydrogen-bond donors (Lipinski definition) is 0. The summed E-state index contributed by atoms with van der Waals surface area (Å²) in [6.45, 7) is 0.403. The van der Waals surface area contributed by atoms with E-state index in [2.05, 4.69) is 29.2 Å². The third kappa shape index (κ3) is 5.23. The van der Waals surface area contributed by atoms with E-state index < -0.39 is 0 Å². The largest absolute Gasteiger partial charge is 0.497 e. The highest BCUT2D eigenvalue weighted by Crippen LogP contribution is 2.34. The second-order valence-corrected chi connectivity index (χ2v) is 9.26. The van der Waals surface area contributed by atoms with E-state index in [1.54, 1.807) is 24.4 Å². The molecule has 0 aliphatic carbocycles. The fourth-order valence-electron chi connectivity index (χ4n) is 4.16. The number of ether oxygens (including phenoxy) is 1. The Labute approximate surface area is 208 Å². The number of carbonyl (C=O) groups is 1. The molecule has 35 heavy (non-hydrogen) atoms. The number of thiazole rings is 1. The highest BCUT2D eigenvalue weighted by molar-refractivity contribution is 7.22. The summed E-state index contributed by atoms with van der Waals surface area (Å²) in [6.07, 6.45) is 3.86. The van der Waals surface area contributed by atoms with Crippen LogP contribution in [-0.2, 0) is 11.3 Å². The van der Waals surface area contributed by atoms with Crippen LogP contribution in [0.25, 0.3) is 10.2 Å². The van der Waals surface area contributed by atoms with Crippen molar-refractivity contribution < 1.29 is 9.53 Å². The van der Waals surface area contributed by atoms with E-state index in [0.29, 0.717) is 18.1 Å². The molecular formula is C29H25N3O2S. The van der Waals surface area contributed by atoms with Gasteiger partial charge < -0.3 is 4.74 Å². The normalized spacial score (nSPS) is 11.0. The van der Waals surface area contributed by atoms with Crippen LogP contribution in [0.2, 0.25) is 0 Å². The summed E-state index contributed by atoms with van der Waals surface area (Å²) in [4.78, 5) is 24.8. The van der Waals surface area contributed by atoms with Crippen LogP contribution in [0.5, 0.6) is 5.75 Å². The van der Waals surface area contributed by atoms with Crippen LogP contribution >= 0.6 is 11.3 Å². The van der Waals surface area contributed by atoms with Crippen molar-refractivity contribution in [2.45, 2.75) is 18.9 Å². The van der Waals surface area contributed by atoms with Crippen molar-refractivity contribution in [1.29, 1.82) is 0 Å². The van der Waals surface area contributed by atoms with Crippen LogP contribution in [0, 0.1) is 0 Å². The third-order valence-electron chi connectivity index (χ3n) is 5.96. The minimum atomic E-state index is -0.0595. The van der Waals surface area contributed by atoms with Gasteiger partial charge in [0.05, 0.1) is 23.9 Å². The number of benzene rings is 3. The Hall–Kier alpha value is -4.03. The second kappa shape index (κ2) is 10.5. The zero-order valence-electron chi connectivity index (χ0n) is 19.4. The molecule has 5 aromatic rings. The van der Waals surface area contributed by atoms with E-state index in [4.69, 9.17) is 9.72 Å². The summed E-state index contributed by atoms with van der Waals surface area (Å²) in [5.41, 5.74) is 3.99. The molecule has 0 aliphatic heterocycles. The van der Waals surface area contributed by atoms with Gasteiger partial charge in [-0.25, -0.2) is 4.98 Å². The molecule has 1 amide bonds. The molecule has 0 saturated carbocycles. The van der Waals surface area contributed by atoms with Crippen molar-refractivity contribution >= 4 is 32.6 Å². The van der Waals surface area contributed by atoms with E-state index in [1.807, 2.05) is 66.7 Å². The minimum Gasteiger partial charge on any atom is -0.497 e. The predicted molar refractivity (Wildman–Crippen MR) is 141 cm³/mol. The summed E-state index contributed by atoms with van der Waals surface area (Å²) >= 11 is 1.51. The zero-order valence-corrected chi connectivity index (χ0v) is 20.2. The number of aromatic nitrogens is 2. The molecule has 0 saturated heterocycles. The van der Waals surface area contributed by atoms with Gasteiger partial charge in [-0.3, -0.25) is 14.7 Å². The predicted octanol–water partition coefficient (Wildman–Crippen LogP) is 6.46. The lowest BCUT2D eigenvalue weighted by Gasteiger charge is -2.24.